The van der Waals surface area contributed by atoms with Gasteiger partial charge in [-0.15, -0.1) is 0 Å². The molecular weight excluding hydrogens is 392 g/mol. The molecule has 1 saturated heterocycles. The average molecular weight is 427 g/mol. The van der Waals surface area contributed by atoms with Crippen molar-refractivity contribution in [3.63, 3.8) is 0 Å². The van der Waals surface area contributed by atoms with Crippen LogP contribution in [0.1, 0.15) is 30.0 Å². The van der Waals surface area contributed by atoms with Gasteiger partial charge in [-0.25, -0.2) is 4.99 Å². The number of likely N-dealkylation sites (tertiary alicyclic amines) is 1. The zero-order valence-corrected chi connectivity index (χ0v) is 18.9. The molecule has 1 aliphatic rings. The summed E-state index contributed by atoms with van der Waals surface area (Å²) >= 11 is 0. The molecule has 2 unspecified atom stereocenters. The number of methoxy groups -OCH3 is 3. The second-order valence-corrected chi connectivity index (χ2v) is 7.87. The Morgan fingerprint density at radius 3 is 2.48 bits per heavy atom. The minimum Gasteiger partial charge on any atom is -0.497 e. The van der Waals surface area contributed by atoms with Gasteiger partial charge in [0.2, 0.25) is 0 Å². The molecular formula is C24H34N4O3. The lowest BCUT2D eigenvalue weighted by molar-refractivity contribution is 0.122. The van der Waals surface area contributed by atoms with Crippen molar-refractivity contribution in [2.75, 3.05) is 41.5 Å². The Morgan fingerprint density at radius 2 is 1.81 bits per heavy atom. The van der Waals surface area contributed by atoms with Gasteiger partial charge in [-0.1, -0.05) is 18.2 Å². The van der Waals surface area contributed by atoms with Crippen LogP contribution >= 0.6 is 0 Å². The molecule has 0 saturated carbocycles. The van der Waals surface area contributed by atoms with Gasteiger partial charge in [0.1, 0.15) is 5.75 Å². The number of aliphatic imine (C=N–C) groups is 1. The van der Waals surface area contributed by atoms with E-state index in [0.29, 0.717) is 36.0 Å². The Morgan fingerprint density at radius 1 is 1.06 bits per heavy atom. The number of nitrogens with one attached hydrogen (secondary N) is 1. The summed E-state index contributed by atoms with van der Waals surface area (Å²) in [6.45, 7) is 2.35. The van der Waals surface area contributed by atoms with E-state index in [0.717, 1.165) is 30.8 Å². The highest BCUT2D eigenvalue weighted by molar-refractivity contribution is 5.77. The first-order valence-corrected chi connectivity index (χ1v) is 10.6. The quantitative estimate of drug-likeness (QED) is 0.498. The number of hydrogen-bond donors (Lipinski definition) is 2. The normalized spacial score (nSPS) is 19.7. The molecule has 0 aliphatic carbocycles. The third-order valence-electron chi connectivity index (χ3n) is 5.89. The average Bonchev–Trinajstić information content (AvgIpc) is 2.81. The molecule has 0 bridgehead atoms. The monoisotopic (exact) mass is 426 g/mol. The molecule has 0 spiro atoms. The fourth-order valence-corrected chi connectivity index (χ4v) is 4.25. The van der Waals surface area contributed by atoms with Crippen molar-refractivity contribution < 1.29 is 14.2 Å². The van der Waals surface area contributed by atoms with Crippen molar-refractivity contribution in [2.45, 2.75) is 25.4 Å². The van der Waals surface area contributed by atoms with E-state index in [9.17, 15) is 0 Å². The van der Waals surface area contributed by atoms with E-state index in [-0.39, 0.29) is 0 Å². The van der Waals surface area contributed by atoms with Crippen molar-refractivity contribution in [3.05, 3.63) is 53.6 Å². The number of guanidine groups is 1. The highest BCUT2D eigenvalue weighted by atomic mass is 16.5. The molecule has 31 heavy (non-hydrogen) atoms. The highest BCUT2D eigenvalue weighted by Gasteiger charge is 2.30. The van der Waals surface area contributed by atoms with Crippen LogP contribution in [0.2, 0.25) is 0 Å². The van der Waals surface area contributed by atoms with E-state index in [1.54, 1.807) is 21.3 Å². The largest absolute Gasteiger partial charge is 0.497 e. The smallest absolute Gasteiger partial charge is 0.188 e. The molecule has 0 amide bonds. The molecule has 1 heterocycles. The summed E-state index contributed by atoms with van der Waals surface area (Å²) in [7, 11) is 7.13. The lowest BCUT2D eigenvalue weighted by Gasteiger charge is -2.39. The zero-order valence-electron chi connectivity index (χ0n) is 18.9. The Balaban J connectivity index is 1.62. The van der Waals surface area contributed by atoms with E-state index >= 15 is 0 Å². The fourth-order valence-electron chi connectivity index (χ4n) is 4.25. The van der Waals surface area contributed by atoms with Crippen LogP contribution in [0.5, 0.6) is 17.2 Å². The van der Waals surface area contributed by atoms with Crippen LogP contribution in [0.25, 0.3) is 0 Å². The van der Waals surface area contributed by atoms with Gasteiger partial charge in [0.15, 0.2) is 17.5 Å². The first-order valence-electron chi connectivity index (χ1n) is 10.6. The third kappa shape index (κ3) is 5.82. The predicted molar refractivity (Wildman–Crippen MR) is 124 cm³/mol. The minimum atomic E-state index is 0.339. The number of rotatable bonds is 8. The summed E-state index contributed by atoms with van der Waals surface area (Å²) in [5, 5.41) is 3.34. The molecule has 168 valence electrons. The molecule has 1 aliphatic heterocycles. The summed E-state index contributed by atoms with van der Waals surface area (Å²) in [5.74, 6) is 3.17. The molecule has 7 nitrogen and oxygen atoms in total. The molecule has 7 heteroatoms. The molecule has 2 aromatic carbocycles. The number of benzene rings is 2. The zero-order chi connectivity index (χ0) is 22.2. The molecule has 3 N–H and O–H groups in total. The van der Waals surface area contributed by atoms with Crippen molar-refractivity contribution in [3.8, 4) is 17.2 Å². The van der Waals surface area contributed by atoms with Crippen LogP contribution in [0.3, 0.4) is 0 Å². The third-order valence-corrected chi connectivity index (χ3v) is 5.89. The van der Waals surface area contributed by atoms with Crippen LogP contribution in [0.4, 0.5) is 0 Å². The van der Waals surface area contributed by atoms with E-state index in [1.807, 2.05) is 30.3 Å². The van der Waals surface area contributed by atoms with E-state index in [2.05, 4.69) is 34.4 Å². The van der Waals surface area contributed by atoms with Gasteiger partial charge in [-0.05, 0) is 67.7 Å². The van der Waals surface area contributed by atoms with Crippen LogP contribution < -0.4 is 25.3 Å². The first-order chi connectivity index (χ1) is 15.0. The second-order valence-electron chi connectivity index (χ2n) is 7.87. The van der Waals surface area contributed by atoms with E-state index < -0.39 is 0 Å². The van der Waals surface area contributed by atoms with Crippen molar-refractivity contribution in [1.82, 2.24) is 10.2 Å². The van der Waals surface area contributed by atoms with Crippen LogP contribution in [-0.2, 0) is 6.54 Å². The molecule has 0 radical (unpaired) electrons. The number of nitrogens with zero attached hydrogens (tertiary/aromatic N) is 2. The Bertz CT molecular complexity index is 870. The van der Waals surface area contributed by atoms with Gasteiger partial charge in [-0.2, -0.15) is 0 Å². The summed E-state index contributed by atoms with van der Waals surface area (Å²) in [4.78, 5) is 6.93. The van der Waals surface area contributed by atoms with Gasteiger partial charge in [0.05, 0.1) is 27.9 Å². The fraction of sp³-hybridized carbons (Fsp3) is 0.458. The maximum Gasteiger partial charge on any atom is 0.188 e. The number of hydrogen-bond acceptors (Lipinski definition) is 5. The van der Waals surface area contributed by atoms with Gasteiger partial charge >= 0.3 is 0 Å². The predicted octanol–water partition coefficient (Wildman–Crippen LogP) is 3.20. The van der Waals surface area contributed by atoms with Crippen LogP contribution in [-0.4, -0.2) is 52.3 Å². The highest BCUT2D eigenvalue weighted by Crippen LogP contribution is 2.35. The maximum atomic E-state index is 6.17. The van der Waals surface area contributed by atoms with Crippen LogP contribution in [0.15, 0.2) is 47.5 Å². The minimum absolute atomic E-state index is 0.339. The molecule has 3 rings (SSSR count). The second kappa shape index (κ2) is 10.9. The molecule has 0 aromatic heterocycles. The standard InChI is InChI=1S/C24H34N4O3/c1-28-13-5-6-19(23(28)18-8-10-20(29-2)11-9-18)16-27-24(25)26-15-17-7-12-21(30-3)22(14-17)31-4/h7-12,14,19,23H,5-6,13,15-16H2,1-4H3,(H3,25,26,27). The Labute approximate surface area is 185 Å². The maximum absolute atomic E-state index is 6.17. The van der Waals surface area contributed by atoms with Crippen molar-refractivity contribution in [1.29, 1.82) is 0 Å². The SMILES string of the molecule is COc1ccc(C2C(CNC(N)=NCc3ccc(OC)c(OC)c3)CCCN2C)cc1. The van der Waals surface area contributed by atoms with E-state index in [1.165, 1.54) is 12.0 Å². The number of ether oxygens (including phenoxy) is 3. The van der Waals surface area contributed by atoms with Crippen molar-refractivity contribution >= 4 is 5.96 Å². The van der Waals surface area contributed by atoms with Crippen molar-refractivity contribution in [2.24, 2.45) is 16.6 Å². The molecule has 1 fully saturated rings. The number of piperidine rings is 1. The molecule has 2 aromatic rings. The Kier molecular flexibility index (Phi) is 8.00. The number of nitrogens with two attached hydrogens (primary N) is 1. The van der Waals surface area contributed by atoms with Crippen LogP contribution in [0, 0.1) is 5.92 Å². The topological polar surface area (TPSA) is 81.3 Å². The first kappa shape index (κ1) is 22.7. The summed E-state index contributed by atoms with van der Waals surface area (Å²) < 4.78 is 15.9. The van der Waals surface area contributed by atoms with Gasteiger partial charge in [0, 0.05) is 12.6 Å². The lowest BCUT2D eigenvalue weighted by Crippen LogP contribution is -2.43. The lowest BCUT2D eigenvalue weighted by atomic mass is 9.85. The Hall–Kier alpha value is -2.93. The summed E-state index contributed by atoms with van der Waals surface area (Å²) in [6, 6.07) is 14.5. The molecule has 2 atom stereocenters. The summed E-state index contributed by atoms with van der Waals surface area (Å²) in [6.07, 6.45) is 2.33. The van der Waals surface area contributed by atoms with E-state index in [4.69, 9.17) is 19.9 Å². The summed E-state index contributed by atoms with van der Waals surface area (Å²) in [5.41, 5.74) is 8.49. The van der Waals surface area contributed by atoms with Gasteiger partial charge < -0.3 is 25.3 Å². The van der Waals surface area contributed by atoms with Gasteiger partial charge in [0.25, 0.3) is 0 Å². The van der Waals surface area contributed by atoms with Gasteiger partial charge in [-0.3, -0.25) is 4.90 Å².